The SMILES string of the molecule is Cc1nc(N)cc(C(C)C)c1CC(C)C. The topological polar surface area (TPSA) is 38.9 Å². The Kier molecular flexibility index (Phi) is 3.72. The maximum absolute atomic E-state index is 5.79. The van der Waals surface area contributed by atoms with Crippen LogP contribution in [0.4, 0.5) is 5.82 Å². The molecule has 0 fully saturated rings. The average Bonchev–Trinajstić information content (AvgIpc) is 2.08. The van der Waals surface area contributed by atoms with Crippen LogP contribution in [0.3, 0.4) is 0 Å². The summed E-state index contributed by atoms with van der Waals surface area (Å²) >= 11 is 0. The molecule has 0 unspecified atom stereocenters. The van der Waals surface area contributed by atoms with Gasteiger partial charge in [-0.1, -0.05) is 27.7 Å². The van der Waals surface area contributed by atoms with E-state index in [0.29, 0.717) is 17.7 Å². The third-order valence-corrected chi connectivity index (χ3v) is 2.62. The smallest absolute Gasteiger partial charge is 0.123 e. The summed E-state index contributed by atoms with van der Waals surface area (Å²) in [4.78, 5) is 4.35. The summed E-state index contributed by atoms with van der Waals surface area (Å²) in [7, 11) is 0. The Bertz CT molecular complexity index is 341. The quantitative estimate of drug-likeness (QED) is 0.824. The fourth-order valence-corrected chi connectivity index (χ4v) is 1.94. The van der Waals surface area contributed by atoms with E-state index >= 15 is 0 Å². The van der Waals surface area contributed by atoms with Gasteiger partial charge in [-0.05, 0) is 42.4 Å². The lowest BCUT2D eigenvalue weighted by molar-refractivity contribution is 0.633. The Morgan fingerprint density at radius 3 is 2.33 bits per heavy atom. The molecular formula is C13H22N2. The minimum absolute atomic E-state index is 0.516. The molecule has 0 spiro atoms. The zero-order valence-electron chi connectivity index (χ0n) is 10.5. The molecule has 2 N–H and O–H groups in total. The van der Waals surface area contributed by atoms with Crippen molar-refractivity contribution in [2.75, 3.05) is 5.73 Å². The molecule has 0 radical (unpaired) electrons. The van der Waals surface area contributed by atoms with E-state index in [9.17, 15) is 0 Å². The highest BCUT2D eigenvalue weighted by molar-refractivity contribution is 5.42. The Balaban J connectivity index is 3.21. The van der Waals surface area contributed by atoms with Crippen molar-refractivity contribution in [3.05, 3.63) is 22.9 Å². The van der Waals surface area contributed by atoms with Crippen molar-refractivity contribution in [1.29, 1.82) is 0 Å². The molecule has 0 aromatic carbocycles. The predicted molar refractivity (Wildman–Crippen MR) is 66.0 cm³/mol. The van der Waals surface area contributed by atoms with E-state index in [1.807, 2.05) is 6.07 Å². The first-order valence-electron chi connectivity index (χ1n) is 5.67. The van der Waals surface area contributed by atoms with Gasteiger partial charge in [0, 0.05) is 5.69 Å². The van der Waals surface area contributed by atoms with Crippen LogP contribution in [0.5, 0.6) is 0 Å². The first-order valence-corrected chi connectivity index (χ1v) is 5.67. The summed E-state index contributed by atoms with van der Waals surface area (Å²) in [6.07, 6.45) is 1.09. The number of nitrogen functional groups attached to an aromatic ring is 1. The fourth-order valence-electron chi connectivity index (χ4n) is 1.94. The summed E-state index contributed by atoms with van der Waals surface area (Å²) in [6, 6.07) is 2.02. The number of rotatable bonds is 3. The molecule has 15 heavy (non-hydrogen) atoms. The molecular weight excluding hydrogens is 184 g/mol. The van der Waals surface area contributed by atoms with Gasteiger partial charge < -0.3 is 5.73 Å². The van der Waals surface area contributed by atoms with Gasteiger partial charge in [-0.15, -0.1) is 0 Å². The number of anilines is 1. The Labute approximate surface area is 92.9 Å². The van der Waals surface area contributed by atoms with Gasteiger partial charge in [-0.3, -0.25) is 0 Å². The molecule has 1 rings (SSSR count). The van der Waals surface area contributed by atoms with Gasteiger partial charge in [-0.2, -0.15) is 0 Å². The minimum Gasteiger partial charge on any atom is -0.384 e. The van der Waals surface area contributed by atoms with Gasteiger partial charge >= 0.3 is 0 Å². The molecule has 0 saturated carbocycles. The van der Waals surface area contributed by atoms with Crippen LogP contribution in [0.2, 0.25) is 0 Å². The first kappa shape index (κ1) is 12.0. The number of hydrogen-bond acceptors (Lipinski definition) is 2. The second-order valence-corrected chi connectivity index (χ2v) is 4.95. The van der Waals surface area contributed by atoms with Crippen molar-refractivity contribution in [2.45, 2.75) is 47.0 Å². The van der Waals surface area contributed by atoms with Crippen LogP contribution in [-0.2, 0) is 6.42 Å². The maximum Gasteiger partial charge on any atom is 0.123 e. The lowest BCUT2D eigenvalue weighted by Gasteiger charge is -2.17. The number of pyridine rings is 1. The van der Waals surface area contributed by atoms with Crippen LogP contribution in [0, 0.1) is 12.8 Å². The molecule has 1 aromatic heterocycles. The van der Waals surface area contributed by atoms with Gasteiger partial charge in [0.25, 0.3) is 0 Å². The molecule has 0 bridgehead atoms. The van der Waals surface area contributed by atoms with Crippen LogP contribution in [0.25, 0.3) is 0 Å². The lowest BCUT2D eigenvalue weighted by Crippen LogP contribution is -2.07. The molecule has 0 amide bonds. The molecule has 0 saturated heterocycles. The van der Waals surface area contributed by atoms with Crippen molar-refractivity contribution < 1.29 is 0 Å². The van der Waals surface area contributed by atoms with Gasteiger partial charge in [-0.25, -0.2) is 4.98 Å². The second kappa shape index (κ2) is 4.65. The summed E-state index contributed by atoms with van der Waals surface area (Å²) in [5.74, 6) is 1.82. The minimum atomic E-state index is 0.516. The molecule has 0 atom stereocenters. The lowest BCUT2D eigenvalue weighted by atomic mass is 9.91. The van der Waals surface area contributed by atoms with Crippen LogP contribution in [0.15, 0.2) is 6.07 Å². The highest BCUT2D eigenvalue weighted by Gasteiger charge is 2.12. The normalized spacial score (nSPS) is 11.4. The summed E-state index contributed by atoms with van der Waals surface area (Å²) in [5.41, 5.74) is 9.61. The zero-order chi connectivity index (χ0) is 11.6. The fraction of sp³-hybridized carbons (Fsp3) is 0.615. The summed E-state index contributed by atoms with van der Waals surface area (Å²) in [6.45, 7) is 10.9. The number of aromatic nitrogens is 1. The maximum atomic E-state index is 5.79. The average molecular weight is 206 g/mol. The monoisotopic (exact) mass is 206 g/mol. The first-order chi connectivity index (χ1) is 6.91. The molecule has 2 nitrogen and oxygen atoms in total. The van der Waals surface area contributed by atoms with Gasteiger partial charge in [0.2, 0.25) is 0 Å². The molecule has 2 heteroatoms. The van der Waals surface area contributed by atoms with E-state index in [4.69, 9.17) is 5.73 Å². The zero-order valence-corrected chi connectivity index (χ0v) is 10.5. The van der Waals surface area contributed by atoms with Crippen LogP contribution in [-0.4, -0.2) is 4.98 Å². The number of aryl methyl sites for hydroxylation is 1. The third-order valence-electron chi connectivity index (χ3n) is 2.62. The Hall–Kier alpha value is -1.05. The summed E-state index contributed by atoms with van der Waals surface area (Å²) < 4.78 is 0. The van der Waals surface area contributed by atoms with Crippen molar-refractivity contribution in [1.82, 2.24) is 4.98 Å². The van der Waals surface area contributed by atoms with E-state index in [1.54, 1.807) is 0 Å². The largest absolute Gasteiger partial charge is 0.384 e. The van der Waals surface area contributed by atoms with Crippen LogP contribution < -0.4 is 5.73 Å². The number of nitrogens with two attached hydrogens (primary N) is 1. The van der Waals surface area contributed by atoms with Crippen molar-refractivity contribution in [2.24, 2.45) is 5.92 Å². The Morgan fingerprint density at radius 1 is 1.27 bits per heavy atom. The number of hydrogen-bond donors (Lipinski definition) is 1. The molecule has 1 aromatic rings. The number of nitrogens with zero attached hydrogens (tertiary/aromatic N) is 1. The summed E-state index contributed by atoms with van der Waals surface area (Å²) in [5, 5.41) is 0. The van der Waals surface area contributed by atoms with Crippen molar-refractivity contribution in [3.63, 3.8) is 0 Å². The molecule has 1 heterocycles. The highest BCUT2D eigenvalue weighted by Crippen LogP contribution is 2.25. The highest BCUT2D eigenvalue weighted by atomic mass is 14.8. The van der Waals surface area contributed by atoms with Crippen LogP contribution >= 0.6 is 0 Å². The Morgan fingerprint density at radius 2 is 1.87 bits per heavy atom. The second-order valence-electron chi connectivity index (χ2n) is 4.95. The van der Waals surface area contributed by atoms with E-state index in [2.05, 4.69) is 39.6 Å². The van der Waals surface area contributed by atoms with Crippen LogP contribution in [0.1, 0.15) is 50.4 Å². The van der Waals surface area contributed by atoms with Gasteiger partial charge in [0.1, 0.15) is 5.82 Å². The molecule has 0 aliphatic rings. The van der Waals surface area contributed by atoms with Crippen molar-refractivity contribution in [3.8, 4) is 0 Å². The van der Waals surface area contributed by atoms with E-state index in [1.165, 1.54) is 11.1 Å². The van der Waals surface area contributed by atoms with E-state index in [-0.39, 0.29) is 0 Å². The van der Waals surface area contributed by atoms with E-state index < -0.39 is 0 Å². The van der Waals surface area contributed by atoms with Gasteiger partial charge in [0.05, 0.1) is 0 Å². The van der Waals surface area contributed by atoms with Gasteiger partial charge in [0.15, 0.2) is 0 Å². The van der Waals surface area contributed by atoms with E-state index in [0.717, 1.165) is 12.1 Å². The van der Waals surface area contributed by atoms with Crippen molar-refractivity contribution >= 4 is 5.82 Å². The molecule has 84 valence electrons. The third kappa shape index (κ3) is 2.95. The molecule has 0 aliphatic carbocycles. The standard InChI is InChI=1S/C13H22N2/c1-8(2)6-12-10(5)15-13(14)7-11(12)9(3)4/h7-9H,6H2,1-5H3,(H2,14,15). The predicted octanol–water partition coefficient (Wildman–Crippen LogP) is 3.29. The molecule has 0 aliphatic heterocycles.